The van der Waals surface area contributed by atoms with Gasteiger partial charge in [0.2, 0.25) is 0 Å². The molecule has 0 spiro atoms. The summed E-state index contributed by atoms with van der Waals surface area (Å²) >= 11 is 5.43. The number of hydrogen-bond acceptors (Lipinski definition) is 2. The lowest BCUT2D eigenvalue weighted by atomic mass is 9.88. The van der Waals surface area contributed by atoms with E-state index in [1.165, 1.54) is 53.2 Å². The van der Waals surface area contributed by atoms with Gasteiger partial charge in [-0.05, 0) is 37.3 Å². The number of rotatable bonds is 3. The van der Waals surface area contributed by atoms with Crippen molar-refractivity contribution in [1.29, 1.82) is 0 Å². The highest BCUT2D eigenvalue weighted by Crippen LogP contribution is 2.36. The maximum atomic E-state index is 4.85. The van der Waals surface area contributed by atoms with E-state index in [0.29, 0.717) is 0 Å². The van der Waals surface area contributed by atoms with Crippen molar-refractivity contribution in [3.05, 3.63) is 39.3 Å². The standard InChI is InChI=1S/C16H18BrNS/c1-2-4-11-7-8-14-15(9-11)19-16(18-14)12-5-3-6-13(17)10-12/h3,5-6,10-11H,2,4,7-9H2,1H3. The molecule has 1 aliphatic rings. The summed E-state index contributed by atoms with van der Waals surface area (Å²) in [7, 11) is 0. The molecule has 1 aromatic carbocycles. The largest absolute Gasteiger partial charge is 0.241 e. The zero-order chi connectivity index (χ0) is 13.2. The second-order valence-electron chi connectivity index (χ2n) is 5.30. The first-order valence-electron chi connectivity index (χ1n) is 7.00. The van der Waals surface area contributed by atoms with Gasteiger partial charge in [0.15, 0.2) is 0 Å². The molecule has 0 fully saturated rings. The summed E-state index contributed by atoms with van der Waals surface area (Å²) in [4.78, 5) is 6.38. The quantitative estimate of drug-likeness (QED) is 0.723. The molecule has 1 aliphatic carbocycles. The van der Waals surface area contributed by atoms with Gasteiger partial charge in [-0.2, -0.15) is 0 Å². The molecular weight excluding hydrogens is 318 g/mol. The van der Waals surface area contributed by atoms with Crippen LogP contribution in [0.4, 0.5) is 0 Å². The molecule has 2 aromatic rings. The first kappa shape index (κ1) is 13.3. The van der Waals surface area contributed by atoms with Crippen molar-refractivity contribution in [1.82, 2.24) is 4.98 Å². The van der Waals surface area contributed by atoms with Gasteiger partial charge < -0.3 is 0 Å². The van der Waals surface area contributed by atoms with Gasteiger partial charge in [0, 0.05) is 14.9 Å². The van der Waals surface area contributed by atoms with Crippen LogP contribution < -0.4 is 0 Å². The van der Waals surface area contributed by atoms with E-state index < -0.39 is 0 Å². The zero-order valence-corrected chi connectivity index (χ0v) is 13.6. The molecule has 0 aliphatic heterocycles. The number of benzene rings is 1. The Balaban J connectivity index is 1.87. The number of aromatic nitrogens is 1. The molecule has 3 rings (SSSR count). The minimum atomic E-state index is 0.883. The average Bonchev–Trinajstić information content (AvgIpc) is 2.82. The van der Waals surface area contributed by atoms with Crippen LogP contribution in [0, 0.1) is 5.92 Å². The van der Waals surface area contributed by atoms with Gasteiger partial charge in [-0.15, -0.1) is 11.3 Å². The summed E-state index contributed by atoms with van der Waals surface area (Å²) in [6, 6.07) is 8.46. The lowest BCUT2D eigenvalue weighted by molar-refractivity contribution is 0.424. The Bertz CT molecular complexity index is 576. The molecule has 19 heavy (non-hydrogen) atoms. The summed E-state index contributed by atoms with van der Waals surface area (Å²) < 4.78 is 1.13. The monoisotopic (exact) mass is 335 g/mol. The molecule has 0 amide bonds. The molecule has 1 heterocycles. The summed E-state index contributed by atoms with van der Waals surface area (Å²) in [5.74, 6) is 0.883. The topological polar surface area (TPSA) is 12.9 Å². The van der Waals surface area contributed by atoms with Crippen LogP contribution in [0.15, 0.2) is 28.7 Å². The first-order chi connectivity index (χ1) is 9.26. The van der Waals surface area contributed by atoms with Crippen LogP contribution in [0.25, 0.3) is 10.6 Å². The van der Waals surface area contributed by atoms with Crippen molar-refractivity contribution in [2.75, 3.05) is 0 Å². The molecule has 0 saturated heterocycles. The molecule has 100 valence electrons. The molecule has 0 radical (unpaired) electrons. The van der Waals surface area contributed by atoms with Crippen LogP contribution in [-0.4, -0.2) is 4.98 Å². The normalized spacial score (nSPS) is 18.3. The first-order valence-corrected chi connectivity index (χ1v) is 8.61. The predicted octanol–water partition coefficient (Wildman–Crippen LogP) is 5.48. The third-order valence-electron chi connectivity index (χ3n) is 3.81. The lowest BCUT2D eigenvalue weighted by Gasteiger charge is -2.20. The van der Waals surface area contributed by atoms with Crippen LogP contribution in [0.1, 0.15) is 36.8 Å². The highest BCUT2D eigenvalue weighted by molar-refractivity contribution is 9.10. The summed E-state index contributed by atoms with van der Waals surface area (Å²) in [6.45, 7) is 2.29. The fourth-order valence-electron chi connectivity index (χ4n) is 2.84. The van der Waals surface area contributed by atoms with Gasteiger partial charge in [0.1, 0.15) is 5.01 Å². The number of hydrogen-bond donors (Lipinski definition) is 0. The highest BCUT2D eigenvalue weighted by Gasteiger charge is 2.22. The molecule has 1 aromatic heterocycles. The maximum Gasteiger partial charge on any atom is 0.123 e. The van der Waals surface area contributed by atoms with Gasteiger partial charge in [0.05, 0.1) is 5.69 Å². The minimum absolute atomic E-state index is 0.883. The second-order valence-corrected chi connectivity index (χ2v) is 7.30. The Labute approximate surface area is 127 Å². The van der Waals surface area contributed by atoms with Crippen LogP contribution >= 0.6 is 27.3 Å². The average molecular weight is 336 g/mol. The molecule has 0 bridgehead atoms. The van der Waals surface area contributed by atoms with E-state index in [1.54, 1.807) is 0 Å². The fraction of sp³-hybridized carbons (Fsp3) is 0.438. The van der Waals surface area contributed by atoms with Crippen molar-refractivity contribution in [3.63, 3.8) is 0 Å². The number of halogens is 1. The van der Waals surface area contributed by atoms with Gasteiger partial charge in [-0.25, -0.2) is 4.98 Å². The van der Waals surface area contributed by atoms with Gasteiger partial charge in [0.25, 0.3) is 0 Å². The van der Waals surface area contributed by atoms with Gasteiger partial charge in [-0.3, -0.25) is 0 Å². The Morgan fingerprint density at radius 1 is 1.42 bits per heavy atom. The molecule has 1 nitrogen and oxygen atoms in total. The van der Waals surface area contributed by atoms with E-state index in [0.717, 1.165) is 10.4 Å². The zero-order valence-electron chi connectivity index (χ0n) is 11.2. The van der Waals surface area contributed by atoms with Crippen molar-refractivity contribution in [2.45, 2.75) is 39.0 Å². The number of nitrogens with zero attached hydrogens (tertiary/aromatic N) is 1. The molecule has 1 unspecified atom stereocenters. The number of fused-ring (bicyclic) bond motifs is 1. The molecule has 0 N–H and O–H groups in total. The van der Waals surface area contributed by atoms with Crippen LogP contribution in [0.2, 0.25) is 0 Å². The molecule has 0 saturated carbocycles. The Morgan fingerprint density at radius 3 is 3.11 bits per heavy atom. The van der Waals surface area contributed by atoms with Crippen molar-refractivity contribution in [3.8, 4) is 10.6 Å². The fourth-order valence-corrected chi connectivity index (χ4v) is 4.46. The smallest absolute Gasteiger partial charge is 0.123 e. The number of thiazole rings is 1. The van der Waals surface area contributed by atoms with Gasteiger partial charge >= 0.3 is 0 Å². The molecule has 1 atom stereocenters. The number of aryl methyl sites for hydroxylation is 1. The molecular formula is C16H18BrNS. The second kappa shape index (κ2) is 5.76. The van der Waals surface area contributed by atoms with E-state index in [1.807, 2.05) is 11.3 Å². The van der Waals surface area contributed by atoms with E-state index in [4.69, 9.17) is 4.98 Å². The van der Waals surface area contributed by atoms with Crippen LogP contribution in [-0.2, 0) is 12.8 Å². The van der Waals surface area contributed by atoms with E-state index in [2.05, 4.69) is 47.1 Å². The van der Waals surface area contributed by atoms with E-state index in [-0.39, 0.29) is 0 Å². The SMILES string of the molecule is CCCC1CCc2nc(-c3cccc(Br)c3)sc2C1. The Morgan fingerprint density at radius 2 is 2.32 bits per heavy atom. The summed E-state index contributed by atoms with van der Waals surface area (Å²) in [5, 5.41) is 1.18. The predicted molar refractivity (Wildman–Crippen MR) is 85.7 cm³/mol. The summed E-state index contributed by atoms with van der Waals surface area (Å²) in [6.07, 6.45) is 6.41. The van der Waals surface area contributed by atoms with E-state index in [9.17, 15) is 0 Å². The lowest BCUT2D eigenvalue weighted by Crippen LogP contribution is -2.12. The summed E-state index contributed by atoms with van der Waals surface area (Å²) in [5.41, 5.74) is 2.59. The highest BCUT2D eigenvalue weighted by atomic mass is 79.9. The third kappa shape index (κ3) is 2.92. The van der Waals surface area contributed by atoms with Crippen molar-refractivity contribution < 1.29 is 0 Å². The third-order valence-corrected chi connectivity index (χ3v) is 5.47. The van der Waals surface area contributed by atoms with Crippen molar-refractivity contribution in [2.24, 2.45) is 5.92 Å². The van der Waals surface area contributed by atoms with Crippen molar-refractivity contribution >= 4 is 27.3 Å². The van der Waals surface area contributed by atoms with Gasteiger partial charge in [-0.1, -0.05) is 47.8 Å². The maximum absolute atomic E-state index is 4.85. The van der Waals surface area contributed by atoms with Crippen LogP contribution in [0.5, 0.6) is 0 Å². The Kier molecular flexibility index (Phi) is 4.04. The molecule has 3 heteroatoms. The van der Waals surface area contributed by atoms with E-state index >= 15 is 0 Å². The Hall–Kier alpha value is -0.670. The minimum Gasteiger partial charge on any atom is -0.241 e. The van der Waals surface area contributed by atoms with Crippen LogP contribution in [0.3, 0.4) is 0 Å².